The maximum absolute atomic E-state index is 12.8. The van der Waals surface area contributed by atoms with Gasteiger partial charge >= 0.3 is 0 Å². The number of ether oxygens (including phenoxy) is 1. The fourth-order valence-electron chi connectivity index (χ4n) is 4.50. The van der Waals surface area contributed by atoms with Gasteiger partial charge < -0.3 is 9.64 Å². The van der Waals surface area contributed by atoms with Gasteiger partial charge in [-0.15, -0.1) is 10.2 Å². The van der Waals surface area contributed by atoms with Gasteiger partial charge in [0.15, 0.2) is 5.16 Å². The molecule has 9 heteroatoms. The van der Waals surface area contributed by atoms with Crippen molar-refractivity contribution in [2.45, 2.75) is 56.2 Å². The summed E-state index contributed by atoms with van der Waals surface area (Å²) >= 11 is 1.59. The first-order valence-electron chi connectivity index (χ1n) is 11.5. The Morgan fingerprint density at radius 2 is 1.97 bits per heavy atom. The van der Waals surface area contributed by atoms with Crippen molar-refractivity contribution in [3.8, 4) is 0 Å². The first kappa shape index (κ1) is 21.5. The summed E-state index contributed by atoms with van der Waals surface area (Å²) in [6.45, 7) is 5.93. The number of hydrogen-bond acceptors (Lipinski definition) is 7. The zero-order chi connectivity index (χ0) is 22.1. The van der Waals surface area contributed by atoms with Crippen LogP contribution in [0.5, 0.6) is 0 Å². The zero-order valence-corrected chi connectivity index (χ0v) is 19.6. The van der Waals surface area contributed by atoms with Gasteiger partial charge in [0.05, 0.1) is 29.3 Å². The minimum Gasteiger partial charge on any atom is -0.376 e. The highest BCUT2D eigenvalue weighted by Gasteiger charge is 2.26. The molecule has 5 rings (SSSR count). The smallest absolute Gasteiger partial charge is 0.261 e. The minimum atomic E-state index is -0.0184. The predicted octanol–water partition coefficient (Wildman–Crippen LogP) is 3.23. The van der Waals surface area contributed by atoms with E-state index in [2.05, 4.69) is 26.6 Å². The van der Waals surface area contributed by atoms with E-state index in [-0.39, 0.29) is 11.7 Å². The van der Waals surface area contributed by atoms with Crippen LogP contribution in [0.15, 0.2) is 34.2 Å². The predicted molar refractivity (Wildman–Crippen MR) is 126 cm³/mol. The summed E-state index contributed by atoms with van der Waals surface area (Å²) < 4.78 is 9.78. The summed E-state index contributed by atoms with van der Waals surface area (Å²) in [5.41, 5.74) is 0.713. The maximum Gasteiger partial charge on any atom is 0.261 e. The zero-order valence-electron chi connectivity index (χ0n) is 18.7. The molecule has 1 aromatic carbocycles. The molecule has 2 aliphatic rings. The highest BCUT2D eigenvalue weighted by molar-refractivity contribution is 7.98. The number of thioether (sulfide) groups is 1. The molecular formula is C23H30N6O2S. The van der Waals surface area contributed by atoms with E-state index in [1.807, 2.05) is 24.3 Å². The Kier molecular flexibility index (Phi) is 6.19. The quantitative estimate of drug-likeness (QED) is 0.529. The van der Waals surface area contributed by atoms with Crippen LogP contribution >= 0.6 is 11.8 Å². The lowest BCUT2D eigenvalue weighted by Gasteiger charge is -2.31. The van der Waals surface area contributed by atoms with E-state index < -0.39 is 0 Å². The average Bonchev–Trinajstić information content (AvgIpc) is 3.46. The number of nitrogens with zero attached hydrogens (tertiary/aromatic N) is 6. The number of rotatable bonds is 6. The van der Waals surface area contributed by atoms with Gasteiger partial charge in [-0.3, -0.25) is 13.9 Å². The summed E-state index contributed by atoms with van der Waals surface area (Å²) in [4.78, 5) is 19.8. The van der Waals surface area contributed by atoms with E-state index in [0.717, 1.165) is 67.4 Å². The SMILES string of the molecule is CC1CCN(c2nnc(SCc3nc4ccccc4c(=O)n3C)n2CC2CCCO2)CC1. The molecular weight excluding hydrogens is 424 g/mol. The van der Waals surface area contributed by atoms with Crippen LogP contribution in [-0.4, -0.2) is 50.1 Å². The van der Waals surface area contributed by atoms with Crippen LogP contribution in [0.1, 0.15) is 38.4 Å². The molecule has 3 aromatic rings. The van der Waals surface area contributed by atoms with Crippen molar-refractivity contribution in [1.82, 2.24) is 24.3 Å². The van der Waals surface area contributed by atoms with Crippen LogP contribution in [0.2, 0.25) is 0 Å². The van der Waals surface area contributed by atoms with Crippen molar-refractivity contribution in [3.05, 3.63) is 40.4 Å². The number of piperidine rings is 1. The third-order valence-electron chi connectivity index (χ3n) is 6.58. The number of benzene rings is 1. The largest absolute Gasteiger partial charge is 0.376 e. The van der Waals surface area contributed by atoms with Gasteiger partial charge in [-0.05, 0) is 43.7 Å². The van der Waals surface area contributed by atoms with Gasteiger partial charge in [-0.25, -0.2) is 4.98 Å². The molecule has 0 saturated carbocycles. The fraction of sp³-hybridized carbons (Fsp3) is 0.565. The third kappa shape index (κ3) is 4.28. The molecule has 2 saturated heterocycles. The molecule has 1 atom stereocenters. The van der Waals surface area contributed by atoms with Crippen molar-refractivity contribution in [2.24, 2.45) is 13.0 Å². The Morgan fingerprint density at radius 3 is 2.75 bits per heavy atom. The van der Waals surface area contributed by atoms with Gasteiger partial charge in [0, 0.05) is 26.7 Å². The summed E-state index contributed by atoms with van der Waals surface area (Å²) in [5, 5.41) is 10.6. The van der Waals surface area contributed by atoms with Crippen molar-refractivity contribution >= 4 is 28.6 Å². The van der Waals surface area contributed by atoms with Crippen molar-refractivity contribution < 1.29 is 4.74 Å². The minimum absolute atomic E-state index is 0.0184. The highest BCUT2D eigenvalue weighted by atomic mass is 32.2. The number of anilines is 1. The van der Waals surface area contributed by atoms with Crippen LogP contribution in [0.4, 0.5) is 5.95 Å². The summed E-state index contributed by atoms with van der Waals surface area (Å²) in [5.74, 6) is 2.99. The topological polar surface area (TPSA) is 78.1 Å². The van der Waals surface area contributed by atoms with Crippen molar-refractivity contribution in [1.29, 1.82) is 0 Å². The molecule has 32 heavy (non-hydrogen) atoms. The van der Waals surface area contributed by atoms with Crippen LogP contribution in [0.25, 0.3) is 10.9 Å². The molecule has 0 aliphatic carbocycles. The second-order valence-electron chi connectivity index (χ2n) is 8.90. The summed E-state index contributed by atoms with van der Waals surface area (Å²) in [6, 6.07) is 7.50. The second kappa shape index (κ2) is 9.23. The molecule has 170 valence electrons. The van der Waals surface area contributed by atoms with Crippen LogP contribution in [-0.2, 0) is 24.1 Å². The van der Waals surface area contributed by atoms with Gasteiger partial charge in [0.1, 0.15) is 5.82 Å². The molecule has 2 aliphatic heterocycles. The Labute approximate surface area is 192 Å². The lowest BCUT2D eigenvalue weighted by Crippen LogP contribution is -2.35. The lowest BCUT2D eigenvalue weighted by atomic mass is 10.00. The van der Waals surface area contributed by atoms with Gasteiger partial charge in [-0.2, -0.15) is 0 Å². The van der Waals surface area contributed by atoms with E-state index in [1.165, 1.54) is 12.8 Å². The van der Waals surface area contributed by atoms with E-state index in [1.54, 1.807) is 23.4 Å². The Balaban J connectivity index is 1.41. The van der Waals surface area contributed by atoms with Crippen molar-refractivity contribution in [3.63, 3.8) is 0 Å². The summed E-state index contributed by atoms with van der Waals surface area (Å²) in [7, 11) is 1.79. The Bertz CT molecular complexity index is 1150. The van der Waals surface area contributed by atoms with Crippen LogP contribution in [0.3, 0.4) is 0 Å². The molecule has 0 bridgehead atoms. The standard InChI is InChI=1S/C23H30N6O2S/c1-16-9-11-28(12-10-16)22-25-26-23(29(22)14-17-6-5-13-31-17)32-15-20-24-19-8-4-3-7-18(19)21(30)27(20)2/h3-4,7-8,16-17H,5-6,9-15H2,1-2H3. The van der Waals surface area contributed by atoms with E-state index in [4.69, 9.17) is 9.72 Å². The number of para-hydroxylation sites is 1. The van der Waals surface area contributed by atoms with E-state index in [9.17, 15) is 4.79 Å². The normalized spacial score (nSPS) is 19.8. The molecule has 0 N–H and O–H groups in total. The second-order valence-corrected chi connectivity index (χ2v) is 9.84. The molecule has 0 spiro atoms. The lowest BCUT2D eigenvalue weighted by molar-refractivity contribution is 0.0951. The van der Waals surface area contributed by atoms with Gasteiger partial charge in [0.25, 0.3) is 5.56 Å². The third-order valence-corrected chi connectivity index (χ3v) is 7.54. The average molecular weight is 455 g/mol. The monoisotopic (exact) mass is 454 g/mol. The Morgan fingerprint density at radius 1 is 1.16 bits per heavy atom. The molecule has 2 aromatic heterocycles. The molecule has 8 nitrogen and oxygen atoms in total. The van der Waals surface area contributed by atoms with E-state index in [0.29, 0.717) is 11.1 Å². The van der Waals surface area contributed by atoms with Gasteiger partial charge in [-0.1, -0.05) is 30.8 Å². The van der Waals surface area contributed by atoms with Crippen LogP contribution in [0, 0.1) is 5.92 Å². The maximum atomic E-state index is 12.8. The van der Waals surface area contributed by atoms with Crippen molar-refractivity contribution in [2.75, 3.05) is 24.6 Å². The van der Waals surface area contributed by atoms with Crippen LogP contribution < -0.4 is 10.5 Å². The molecule has 4 heterocycles. The molecule has 2 fully saturated rings. The van der Waals surface area contributed by atoms with Gasteiger partial charge in [0.2, 0.25) is 5.95 Å². The number of aromatic nitrogens is 5. The highest BCUT2D eigenvalue weighted by Crippen LogP contribution is 2.29. The molecule has 0 amide bonds. The number of fused-ring (bicyclic) bond motifs is 1. The summed E-state index contributed by atoms with van der Waals surface area (Å²) in [6.07, 6.45) is 4.74. The molecule has 0 radical (unpaired) electrons. The first-order valence-corrected chi connectivity index (χ1v) is 12.5. The fourth-order valence-corrected chi connectivity index (χ4v) is 5.43. The molecule has 1 unspecified atom stereocenters. The number of hydrogen-bond donors (Lipinski definition) is 0. The Hall–Kier alpha value is -2.39. The van der Waals surface area contributed by atoms with E-state index >= 15 is 0 Å². The first-order chi connectivity index (χ1) is 15.6.